The molecule has 2 heterocycles. The van der Waals surface area contributed by atoms with Crippen LogP contribution in [0.5, 0.6) is 0 Å². The molecule has 1 aromatic rings. The first-order valence-corrected chi connectivity index (χ1v) is 8.63. The van der Waals surface area contributed by atoms with Crippen LogP contribution in [0.1, 0.15) is 25.8 Å². The van der Waals surface area contributed by atoms with Crippen molar-refractivity contribution in [3.8, 4) is 0 Å². The summed E-state index contributed by atoms with van der Waals surface area (Å²) in [5, 5.41) is 8.94. The van der Waals surface area contributed by atoms with Crippen molar-refractivity contribution in [2.75, 3.05) is 13.2 Å². The number of urea groups is 1. The summed E-state index contributed by atoms with van der Waals surface area (Å²) in [5.41, 5.74) is 1.43. The molecule has 0 unspecified atom stereocenters. The molecule has 1 atom stereocenters. The van der Waals surface area contributed by atoms with Crippen LogP contribution >= 0.6 is 11.3 Å². The van der Waals surface area contributed by atoms with Crippen LogP contribution in [0.25, 0.3) is 0 Å². The standard InChI is InChI=1S/C16H20N2O5S/c1-3-11-14(15(20)22-4-2)12(18-16(21)17-11)8-23-13(19)7-10-5-6-24-9-10/h5-6,9,11H,3-4,7-8H2,1-2H3,(H2,17,18,21)/t11-/m1/s1. The Hall–Kier alpha value is -2.35. The number of nitrogens with one attached hydrogen (secondary N) is 2. The molecular weight excluding hydrogens is 332 g/mol. The zero-order valence-corrected chi connectivity index (χ0v) is 14.4. The Kier molecular flexibility index (Phi) is 6.36. The van der Waals surface area contributed by atoms with E-state index in [4.69, 9.17) is 9.47 Å². The predicted octanol–water partition coefficient (Wildman–Crippen LogP) is 1.74. The van der Waals surface area contributed by atoms with Crippen LogP contribution in [-0.2, 0) is 25.5 Å². The van der Waals surface area contributed by atoms with Crippen LogP contribution in [0.4, 0.5) is 4.79 Å². The number of carbonyl (C=O) groups excluding carboxylic acids is 3. The van der Waals surface area contributed by atoms with Gasteiger partial charge in [0, 0.05) is 0 Å². The largest absolute Gasteiger partial charge is 0.463 e. The van der Waals surface area contributed by atoms with E-state index in [2.05, 4.69) is 10.6 Å². The van der Waals surface area contributed by atoms with Crippen molar-refractivity contribution in [1.82, 2.24) is 10.6 Å². The summed E-state index contributed by atoms with van der Waals surface area (Å²) in [4.78, 5) is 35.8. The molecule has 2 N–H and O–H groups in total. The van der Waals surface area contributed by atoms with Gasteiger partial charge in [-0.25, -0.2) is 9.59 Å². The summed E-state index contributed by atoms with van der Waals surface area (Å²) in [6, 6.07) is 0.941. The molecule has 1 aliphatic heterocycles. The number of amides is 2. The maximum absolute atomic E-state index is 12.2. The number of hydrogen-bond donors (Lipinski definition) is 2. The van der Waals surface area contributed by atoms with Gasteiger partial charge in [-0.2, -0.15) is 11.3 Å². The fraction of sp³-hybridized carbons (Fsp3) is 0.438. The van der Waals surface area contributed by atoms with Gasteiger partial charge < -0.3 is 20.1 Å². The summed E-state index contributed by atoms with van der Waals surface area (Å²) in [5.74, 6) is -0.953. The van der Waals surface area contributed by atoms with E-state index < -0.39 is 24.0 Å². The first-order chi connectivity index (χ1) is 11.5. The lowest BCUT2D eigenvalue weighted by molar-refractivity contribution is -0.143. The summed E-state index contributed by atoms with van der Waals surface area (Å²) >= 11 is 1.50. The molecule has 0 saturated heterocycles. The third-order valence-electron chi connectivity index (χ3n) is 3.45. The third-order valence-corrected chi connectivity index (χ3v) is 4.19. The van der Waals surface area contributed by atoms with Crippen LogP contribution < -0.4 is 10.6 Å². The summed E-state index contributed by atoms with van der Waals surface area (Å²) < 4.78 is 10.3. The molecule has 2 rings (SSSR count). The molecular formula is C16H20N2O5S. The van der Waals surface area contributed by atoms with Gasteiger partial charge >= 0.3 is 18.0 Å². The van der Waals surface area contributed by atoms with Crippen molar-refractivity contribution in [2.45, 2.75) is 32.7 Å². The molecule has 7 nitrogen and oxygen atoms in total. The normalized spacial score (nSPS) is 17.1. The maximum atomic E-state index is 12.2. The first kappa shape index (κ1) is 18.0. The molecule has 1 aliphatic rings. The van der Waals surface area contributed by atoms with E-state index in [1.165, 1.54) is 11.3 Å². The Morgan fingerprint density at radius 1 is 1.29 bits per heavy atom. The SMILES string of the molecule is CCOC(=O)C1=C(COC(=O)Cc2ccsc2)NC(=O)N[C@@H]1CC. The molecule has 130 valence electrons. The highest BCUT2D eigenvalue weighted by Crippen LogP contribution is 2.17. The van der Waals surface area contributed by atoms with E-state index in [0.29, 0.717) is 12.0 Å². The number of thiophene rings is 1. The van der Waals surface area contributed by atoms with Gasteiger partial charge in [-0.05, 0) is 35.7 Å². The molecule has 0 bridgehead atoms. The number of ether oxygens (including phenoxy) is 2. The highest BCUT2D eigenvalue weighted by molar-refractivity contribution is 7.07. The number of rotatable bonds is 7. The maximum Gasteiger partial charge on any atom is 0.338 e. The van der Waals surface area contributed by atoms with Gasteiger partial charge in [0.2, 0.25) is 0 Å². The van der Waals surface area contributed by atoms with Gasteiger partial charge in [-0.3, -0.25) is 4.79 Å². The van der Waals surface area contributed by atoms with Gasteiger partial charge in [0.15, 0.2) is 0 Å². The lowest BCUT2D eigenvalue weighted by atomic mass is 10.0. The van der Waals surface area contributed by atoms with Crippen LogP contribution in [-0.4, -0.2) is 37.2 Å². The van der Waals surface area contributed by atoms with Crippen molar-refractivity contribution >= 4 is 29.3 Å². The molecule has 8 heteroatoms. The molecule has 0 saturated carbocycles. The zero-order valence-electron chi connectivity index (χ0n) is 13.6. The van der Waals surface area contributed by atoms with Gasteiger partial charge in [0.05, 0.1) is 30.3 Å². The molecule has 2 amide bonds. The first-order valence-electron chi connectivity index (χ1n) is 7.69. The molecule has 0 radical (unpaired) electrons. The second-order valence-corrected chi connectivity index (χ2v) is 5.92. The highest BCUT2D eigenvalue weighted by atomic mass is 32.1. The van der Waals surface area contributed by atoms with Crippen molar-refractivity contribution in [2.24, 2.45) is 0 Å². The lowest BCUT2D eigenvalue weighted by Gasteiger charge is -2.28. The Morgan fingerprint density at radius 3 is 2.71 bits per heavy atom. The average Bonchev–Trinajstić information content (AvgIpc) is 3.05. The van der Waals surface area contributed by atoms with Crippen molar-refractivity contribution in [3.05, 3.63) is 33.7 Å². The van der Waals surface area contributed by atoms with E-state index in [1.807, 2.05) is 23.8 Å². The van der Waals surface area contributed by atoms with Crippen molar-refractivity contribution < 1.29 is 23.9 Å². The van der Waals surface area contributed by atoms with E-state index in [1.54, 1.807) is 6.92 Å². The van der Waals surface area contributed by atoms with E-state index >= 15 is 0 Å². The van der Waals surface area contributed by atoms with E-state index in [9.17, 15) is 14.4 Å². The van der Waals surface area contributed by atoms with Crippen LogP contribution in [0.2, 0.25) is 0 Å². The highest BCUT2D eigenvalue weighted by Gasteiger charge is 2.31. The van der Waals surface area contributed by atoms with Crippen molar-refractivity contribution in [3.63, 3.8) is 0 Å². The second-order valence-electron chi connectivity index (χ2n) is 5.14. The summed E-state index contributed by atoms with van der Waals surface area (Å²) in [6.45, 7) is 3.59. The average molecular weight is 352 g/mol. The van der Waals surface area contributed by atoms with Crippen LogP contribution in [0.15, 0.2) is 28.1 Å². The van der Waals surface area contributed by atoms with Gasteiger partial charge in [0.25, 0.3) is 0 Å². The Bertz CT molecular complexity index is 639. The smallest absolute Gasteiger partial charge is 0.338 e. The van der Waals surface area contributed by atoms with Crippen LogP contribution in [0.3, 0.4) is 0 Å². The van der Waals surface area contributed by atoms with E-state index in [-0.39, 0.29) is 25.3 Å². The number of hydrogen-bond acceptors (Lipinski definition) is 6. The third kappa shape index (κ3) is 4.58. The molecule has 0 aromatic carbocycles. The minimum atomic E-state index is -0.527. The molecule has 24 heavy (non-hydrogen) atoms. The van der Waals surface area contributed by atoms with E-state index in [0.717, 1.165) is 5.56 Å². The molecule has 0 aliphatic carbocycles. The van der Waals surface area contributed by atoms with Gasteiger partial charge in [-0.15, -0.1) is 0 Å². The van der Waals surface area contributed by atoms with Crippen molar-refractivity contribution in [1.29, 1.82) is 0 Å². The minimum Gasteiger partial charge on any atom is -0.463 e. The quantitative estimate of drug-likeness (QED) is 0.729. The molecule has 0 spiro atoms. The summed E-state index contributed by atoms with van der Waals surface area (Å²) in [7, 11) is 0. The second kappa shape index (κ2) is 8.49. The zero-order chi connectivity index (χ0) is 17.5. The fourth-order valence-electron chi connectivity index (χ4n) is 2.34. The monoisotopic (exact) mass is 352 g/mol. The predicted molar refractivity (Wildman–Crippen MR) is 88.4 cm³/mol. The Balaban J connectivity index is 2.10. The molecule has 0 fully saturated rings. The lowest BCUT2D eigenvalue weighted by Crippen LogP contribution is -2.51. The Morgan fingerprint density at radius 2 is 2.08 bits per heavy atom. The Labute approximate surface area is 144 Å². The molecule has 1 aromatic heterocycles. The number of esters is 2. The minimum absolute atomic E-state index is 0.148. The summed E-state index contributed by atoms with van der Waals surface area (Å²) in [6.07, 6.45) is 0.669. The fourth-order valence-corrected chi connectivity index (χ4v) is 3.01. The van der Waals surface area contributed by atoms with Crippen LogP contribution in [0, 0.1) is 0 Å². The van der Waals surface area contributed by atoms with Gasteiger partial charge in [0.1, 0.15) is 6.61 Å². The van der Waals surface area contributed by atoms with Gasteiger partial charge in [-0.1, -0.05) is 6.92 Å². The topological polar surface area (TPSA) is 93.7 Å². The number of carbonyl (C=O) groups is 3.